The van der Waals surface area contributed by atoms with Crippen molar-refractivity contribution in [1.29, 1.82) is 0 Å². The zero-order valence-corrected chi connectivity index (χ0v) is 11.8. The van der Waals surface area contributed by atoms with E-state index in [1.165, 1.54) is 12.3 Å². The molecule has 2 aromatic rings. The van der Waals surface area contributed by atoms with E-state index in [2.05, 4.69) is 24.1 Å². The van der Waals surface area contributed by atoms with Crippen LogP contribution >= 0.6 is 0 Å². The highest BCUT2D eigenvalue weighted by Gasteiger charge is 2.19. The second-order valence-electron chi connectivity index (χ2n) is 5.06. The summed E-state index contributed by atoms with van der Waals surface area (Å²) >= 11 is 0. The summed E-state index contributed by atoms with van der Waals surface area (Å²) in [4.78, 5) is 14.4. The Labute approximate surface area is 121 Å². The van der Waals surface area contributed by atoms with Crippen LogP contribution in [0.5, 0.6) is 0 Å². The predicted octanol–water partition coefficient (Wildman–Crippen LogP) is 3.13. The standard InChI is InChI=1S/C14H16FN3O3/c1-9(2)6-16-8-14-17-7-13(21-14)11-4-3-10(15)5-12(11)18(19)20/h3-5,7,9,16H,6,8H2,1-2H3. The van der Waals surface area contributed by atoms with Crippen molar-refractivity contribution >= 4 is 5.69 Å². The molecule has 0 spiro atoms. The topological polar surface area (TPSA) is 81.2 Å². The van der Waals surface area contributed by atoms with Gasteiger partial charge in [-0.3, -0.25) is 10.1 Å². The molecule has 0 aliphatic heterocycles. The first-order valence-electron chi connectivity index (χ1n) is 6.57. The second kappa shape index (κ2) is 6.45. The minimum Gasteiger partial charge on any atom is -0.439 e. The van der Waals surface area contributed by atoms with Gasteiger partial charge in [0.05, 0.1) is 29.3 Å². The fourth-order valence-electron chi connectivity index (χ4n) is 1.85. The number of oxazole rings is 1. The van der Waals surface area contributed by atoms with Gasteiger partial charge >= 0.3 is 0 Å². The van der Waals surface area contributed by atoms with Gasteiger partial charge in [-0.1, -0.05) is 13.8 Å². The SMILES string of the molecule is CC(C)CNCc1ncc(-c2ccc(F)cc2[N+](=O)[O-])o1. The van der Waals surface area contributed by atoms with Gasteiger partial charge in [0.15, 0.2) is 5.76 Å². The average Bonchev–Trinajstić information content (AvgIpc) is 2.86. The molecular weight excluding hydrogens is 277 g/mol. The number of benzene rings is 1. The summed E-state index contributed by atoms with van der Waals surface area (Å²) in [6.45, 7) is 5.41. The molecule has 0 aliphatic carbocycles. The number of nitrogens with zero attached hydrogens (tertiary/aromatic N) is 2. The number of halogens is 1. The van der Waals surface area contributed by atoms with E-state index < -0.39 is 10.7 Å². The zero-order valence-electron chi connectivity index (χ0n) is 11.8. The first-order chi connectivity index (χ1) is 9.97. The molecule has 0 atom stereocenters. The summed E-state index contributed by atoms with van der Waals surface area (Å²) in [6, 6.07) is 3.34. The summed E-state index contributed by atoms with van der Waals surface area (Å²) in [6.07, 6.45) is 1.41. The van der Waals surface area contributed by atoms with Crippen molar-refractivity contribution in [3.63, 3.8) is 0 Å². The van der Waals surface area contributed by atoms with Crippen molar-refractivity contribution in [2.24, 2.45) is 5.92 Å². The highest BCUT2D eigenvalue weighted by Crippen LogP contribution is 2.30. The van der Waals surface area contributed by atoms with E-state index in [4.69, 9.17) is 4.42 Å². The largest absolute Gasteiger partial charge is 0.439 e. The number of nitrogens with one attached hydrogen (secondary N) is 1. The molecule has 7 heteroatoms. The molecule has 0 aliphatic rings. The predicted molar refractivity (Wildman–Crippen MR) is 75.1 cm³/mol. The van der Waals surface area contributed by atoms with E-state index in [9.17, 15) is 14.5 Å². The van der Waals surface area contributed by atoms with Crippen molar-refractivity contribution in [2.75, 3.05) is 6.54 Å². The molecule has 0 saturated carbocycles. The summed E-state index contributed by atoms with van der Waals surface area (Å²) < 4.78 is 18.6. The Morgan fingerprint density at radius 1 is 1.48 bits per heavy atom. The Bertz CT molecular complexity index is 640. The number of nitro groups is 1. The third-order valence-electron chi connectivity index (χ3n) is 2.80. The molecule has 112 valence electrons. The van der Waals surface area contributed by atoms with Gasteiger partial charge in [0.25, 0.3) is 5.69 Å². The van der Waals surface area contributed by atoms with E-state index in [-0.39, 0.29) is 17.0 Å². The second-order valence-corrected chi connectivity index (χ2v) is 5.06. The maximum Gasteiger partial charge on any atom is 0.283 e. The van der Waals surface area contributed by atoms with Crippen LogP contribution in [0, 0.1) is 21.8 Å². The Morgan fingerprint density at radius 2 is 2.24 bits per heavy atom. The van der Waals surface area contributed by atoms with Crippen LogP contribution in [0.4, 0.5) is 10.1 Å². The summed E-state index contributed by atoms with van der Waals surface area (Å²) in [5.74, 6) is 0.522. The summed E-state index contributed by atoms with van der Waals surface area (Å²) in [5.41, 5.74) is -0.128. The lowest BCUT2D eigenvalue weighted by atomic mass is 10.1. The number of aromatic nitrogens is 1. The molecule has 0 bridgehead atoms. The molecule has 1 heterocycles. The van der Waals surface area contributed by atoms with Gasteiger partial charge in [0.1, 0.15) is 5.82 Å². The van der Waals surface area contributed by atoms with E-state index in [1.54, 1.807) is 0 Å². The Morgan fingerprint density at radius 3 is 2.90 bits per heavy atom. The molecule has 0 radical (unpaired) electrons. The van der Waals surface area contributed by atoms with Gasteiger partial charge in [-0.15, -0.1) is 0 Å². The van der Waals surface area contributed by atoms with Crippen molar-refractivity contribution in [3.8, 4) is 11.3 Å². The van der Waals surface area contributed by atoms with Gasteiger partial charge < -0.3 is 9.73 Å². The van der Waals surface area contributed by atoms with Crippen molar-refractivity contribution < 1.29 is 13.7 Å². The van der Waals surface area contributed by atoms with Gasteiger partial charge in [-0.2, -0.15) is 0 Å². The number of rotatable bonds is 6. The molecule has 1 aromatic carbocycles. The molecule has 6 nitrogen and oxygen atoms in total. The molecule has 1 N–H and O–H groups in total. The highest BCUT2D eigenvalue weighted by atomic mass is 19.1. The maximum atomic E-state index is 13.1. The zero-order chi connectivity index (χ0) is 15.4. The van der Waals surface area contributed by atoms with Crippen LogP contribution < -0.4 is 5.32 Å². The molecule has 0 unspecified atom stereocenters. The molecule has 0 saturated heterocycles. The lowest BCUT2D eigenvalue weighted by Gasteiger charge is -2.04. The van der Waals surface area contributed by atoms with Crippen LogP contribution in [0.25, 0.3) is 11.3 Å². The third kappa shape index (κ3) is 3.85. The van der Waals surface area contributed by atoms with Crippen molar-refractivity contribution in [2.45, 2.75) is 20.4 Å². The Balaban J connectivity index is 2.19. The van der Waals surface area contributed by atoms with E-state index in [0.717, 1.165) is 18.7 Å². The van der Waals surface area contributed by atoms with E-state index in [0.29, 0.717) is 18.4 Å². The Hall–Kier alpha value is -2.28. The molecule has 21 heavy (non-hydrogen) atoms. The minimum atomic E-state index is -0.663. The van der Waals surface area contributed by atoms with E-state index in [1.807, 2.05) is 0 Å². The van der Waals surface area contributed by atoms with Crippen molar-refractivity contribution in [3.05, 3.63) is 46.2 Å². The average molecular weight is 293 g/mol. The molecular formula is C14H16FN3O3. The van der Waals surface area contributed by atoms with Crippen LogP contribution in [-0.4, -0.2) is 16.5 Å². The van der Waals surface area contributed by atoms with Gasteiger partial charge in [0, 0.05) is 0 Å². The number of nitro benzene ring substituents is 1. The number of hydrogen-bond donors (Lipinski definition) is 1. The quantitative estimate of drug-likeness (QED) is 0.653. The van der Waals surface area contributed by atoms with Crippen LogP contribution in [0.3, 0.4) is 0 Å². The molecule has 2 rings (SSSR count). The lowest BCUT2D eigenvalue weighted by molar-refractivity contribution is -0.384. The Kier molecular flexibility index (Phi) is 4.64. The van der Waals surface area contributed by atoms with Crippen LogP contribution in [0.15, 0.2) is 28.8 Å². The monoisotopic (exact) mass is 293 g/mol. The first kappa shape index (κ1) is 15.1. The lowest BCUT2D eigenvalue weighted by Crippen LogP contribution is -2.18. The molecule has 0 amide bonds. The van der Waals surface area contributed by atoms with Crippen LogP contribution in [0.2, 0.25) is 0 Å². The third-order valence-corrected chi connectivity index (χ3v) is 2.80. The summed E-state index contributed by atoms with van der Waals surface area (Å²) in [5, 5.41) is 14.1. The normalized spacial score (nSPS) is 11.0. The number of hydrogen-bond acceptors (Lipinski definition) is 5. The molecule has 1 aromatic heterocycles. The highest BCUT2D eigenvalue weighted by molar-refractivity contribution is 5.68. The van der Waals surface area contributed by atoms with Gasteiger partial charge in [-0.25, -0.2) is 9.37 Å². The first-order valence-corrected chi connectivity index (χ1v) is 6.57. The maximum absolute atomic E-state index is 13.1. The van der Waals surface area contributed by atoms with E-state index >= 15 is 0 Å². The summed E-state index contributed by atoms with van der Waals surface area (Å²) in [7, 11) is 0. The smallest absolute Gasteiger partial charge is 0.283 e. The van der Waals surface area contributed by atoms with Crippen molar-refractivity contribution in [1.82, 2.24) is 10.3 Å². The van der Waals surface area contributed by atoms with Crippen LogP contribution in [-0.2, 0) is 6.54 Å². The van der Waals surface area contributed by atoms with Crippen LogP contribution in [0.1, 0.15) is 19.7 Å². The minimum absolute atomic E-state index is 0.212. The van der Waals surface area contributed by atoms with Gasteiger partial charge in [-0.05, 0) is 24.6 Å². The molecule has 0 fully saturated rings. The van der Waals surface area contributed by atoms with Gasteiger partial charge in [0.2, 0.25) is 5.89 Å². The fraction of sp³-hybridized carbons (Fsp3) is 0.357. The fourth-order valence-corrected chi connectivity index (χ4v) is 1.85.